The fourth-order valence-electron chi connectivity index (χ4n) is 1.91. The molecule has 0 saturated heterocycles. The van der Waals surface area contributed by atoms with Gasteiger partial charge in [0.25, 0.3) is 5.91 Å². The van der Waals surface area contributed by atoms with Gasteiger partial charge in [0, 0.05) is 4.47 Å². The largest absolute Gasteiger partial charge is 0.482 e. The number of hydrogen-bond donors (Lipinski definition) is 1. The normalized spacial score (nSPS) is 11.0. The highest BCUT2D eigenvalue weighted by Gasteiger charge is 2.05. The lowest BCUT2D eigenvalue weighted by Gasteiger charge is -2.07. The zero-order valence-corrected chi connectivity index (χ0v) is 15.8. The Bertz CT molecular complexity index is 730. The molecule has 0 aliphatic carbocycles. The quantitative estimate of drug-likeness (QED) is 0.552. The molecule has 0 bridgehead atoms. The highest BCUT2D eigenvalue weighted by molar-refractivity contribution is 9.10. The Kier molecular flexibility index (Phi) is 6.82. The van der Waals surface area contributed by atoms with Gasteiger partial charge in [-0.2, -0.15) is 5.10 Å². The maximum Gasteiger partial charge on any atom is 0.277 e. The zero-order valence-electron chi connectivity index (χ0n) is 13.4. The fraction of sp³-hybridized carbons (Fsp3) is 0.222. The van der Waals surface area contributed by atoms with Crippen molar-refractivity contribution in [3.63, 3.8) is 0 Å². The molecule has 1 amide bonds. The van der Waals surface area contributed by atoms with E-state index < -0.39 is 0 Å². The summed E-state index contributed by atoms with van der Waals surface area (Å²) in [4.78, 5) is 11.7. The first-order valence-corrected chi connectivity index (χ1v) is 8.62. The minimum absolute atomic E-state index is 0.162. The van der Waals surface area contributed by atoms with Crippen LogP contribution in [0.4, 0.5) is 0 Å². The molecule has 0 unspecified atom stereocenters. The second kappa shape index (κ2) is 8.85. The van der Waals surface area contributed by atoms with Crippen molar-refractivity contribution in [1.82, 2.24) is 5.43 Å². The number of nitrogens with zero attached hydrogens (tertiary/aromatic N) is 1. The van der Waals surface area contributed by atoms with Crippen LogP contribution in [-0.4, -0.2) is 18.7 Å². The number of carbonyl (C=O) groups excluding carboxylic acids is 1. The number of halogens is 2. The Balaban J connectivity index is 1.82. The molecule has 0 saturated carbocycles. The Labute approximate surface area is 155 Å². The van der Waals surface area contributed by atoms with Crippen LogP contribution in [0.25, 0.3) is 0 Å². The van der Waals surface area contributed by atoms with E-state index in [1.54, 1.807) is 24.4 Å². The maximum atomic E-state index is 11.7. The van der Waals surface area contributed by atoms with Crippen molar-refractivity contribution in [3.8, 4) is 5.75 Å². The van der Waals surface area contributed by atoms with Gasteiger partial charge in [-0.15, -0.1) is 0 Å². The Hall–Kier alpha value is -1.85. The van der Waals surface area contributed by atoms with Gasteiger partial charge in [-0.05, 0) is 35.2 Å². The molecule has 2 aromatic rings. The molecule has 0 spiro atoms. The molecule has 0 fully saturated rings. The lowest BCUT2D eigenvalue weighted by molar-refractivity contribution is -0.123. The van der Waals surface area contributed by atoms with Crippen molar-refractivity contribution in [2.24, 2.45) is 5.10 Å². The summed E-state index contributed by atoms with van der Waals surface area (Å²) in [5.41, 5.74) is 4.60. The predicted molar refractivity (Wildman–Crippen MR) is 101 cm³/mol. The van der Waals surface area contributed by atoms with Gasteiger partial charge < -0.3 is 4.74 Å². The molecule has 0 atom stereocenters. The third-order valence-electron chi connectivity index (χ3n) is 3.26. The van der Waals surface area contributed by atoms with Gasteiger partial charge in [-0.1, -0.05) is 65.6 Å². The molecule has 0 radical (unpaired) electrons. The van der Waals surface area contributed by atoms with Crippen LogP contribution in [0.1, 0.15) is 30.9 Å². The standard InChI is InChI=1S/C18H18BrClN2O2/c1-12(2)14-5-3-13(4-6-14)10-21-22-18(23)11-24-17-8-7-15(19)9-16(17)20/h3-10,12H,11H2,1-2H3,(H,22,23)/b21-10+. The first kappa shape index (κ1) is 18.5. The van der Waals surface area contributed by atoms with Crippen molar-refractivity contribution >= 4 is 39.7 Å². The van der Waals surface area contributed by atoms with Crippen molar-refractivity contribution in [2.75, 3.05) is 6.61 Å². The highest BCUT2D eigenvalue weighted by atomic mass is 79.9. The summed E-state index contributed by atoms with van der Waals surface area (Å²) in [5.74, 6) is 0.575. The molecule has 126 valence electrons. The second-order valence-corrected chi connectivity index (χ2v) is 6.80. The number of hydrogen-bond acceptors (Lipinski definition) is 3. The molecule has 2 aromatic carbocycles. The van der Waals surface area contributed by atoms with Crippen LogP contribution >= 0.6 is 27.5 Å². The predicted octanol–water partition coefficient (Wildman–Crippen LogP) is 4.76. The number of rotatable bonds is 6. The van der Waals surface area contributed by atoms with E-state index >= 15 is 0 Å². The van der Waals surface area contributed by atoms with E-state index in [-0.39, 0.29) is 12.5 Å². The minimum atomic E-state index is -0.357. The average Bonchev–Trinajstić information content (AvgIpc) is 2.54. The number of ether oxygens (including phenoxy) is 1. The van der Waals surface area contributed by atoms with E-state index in [0.29, 0.717) is 16.7 Å². The van der Waals surface area contributed by atoms with E-state index in [4.69, 9.17) is 16.3 Å². The van der Waals surface area contributed by atoms with Crippen LogP contribution in [0.2, 0.25) is 5.02 Å². The Morgan fingerprint density at radius 2 is 2.00 bits per heavy atom. The molecule has 0 aliphatic rings. The van der Waals surface area contributed by atoms with Crippen molar-refractivity contribution in [1.29, 1.82) is 0 Å². The van der Waals surface area contributed by atoms with Crippen LogP contribution in [-0.2, 0) is 4.79 Å². The Morgan fingerprint density at radius 1 is 1.29 bits per heavy atom. The van der Waals surface area contributed by atoms with E-state index in [0.717, 1.165) is 10.0 Å². The van der Waals surface area contributed by atoms with Gasteiger partial charge in [-0.25, -0.2) is 5.43 Å². The lowest BCUT2D eigenvalue weighted by Crippen LogP contribution is -2.24. The molecule has 6 heteroatoms. The monoisotopic (exact) mass is 408 g/mol. The third-order valence-corrected chi connectivity index (χ3v) is 4.05. The number of amides is 1. The summed E-state index contributed by atoms with van der Waals surface area (Å²) in [7, 11) is 0. The van der Waals surface area contributed by atoms with E-state index in [1.807, 2.05) is 24.3 Å². The third kappa shape index (κ3) is 5.65. The van der Waals surface area contributed by atoms with E-state index in [9.17, 15) is 4.79 Å². The lowest BCUT2D eigenvalue weighted by atomic mass is 10.0. The number of carbonyl (C=O) groups is 1. The SMILES string of the molecule is CC(C)c1ccc(/C=N/NC(=O)COc2ccc(Br)cc2Cl)cc1. The number of hydrazone groups is 1. The average molecular weight is 410 g/mol. The highest BCUT2D eigenvalue weighted by Crippen LogP contribution is 2.27. The van der Waals surface area contributed by atoms with Crippen molar-refractivity contribution in [2.45, 2.75) is 19.8 Å². The van der Waals surface area contributed by atoms with Crippen LogP contribution in [0.5, 0.6) is 5.75 Å². The molecule has 1 N–H and O–H groups in total. The topological polar surface area (TPSA) is 50.7 Å². The summed E-state index contributed by atoms with van der Waals surface area (Å²) in [6, 6.07) is 13.2. The summed E-state index contributed by atoms with van der Waals surface area (Å²) in [6.45, 7) is 4.12. The molecular weight excluding hydrogens is 392 g/mol. The fourth-order valence-corrected chi connectivity index (χ4v) is 2.64. The second-order valence-electron chi connectivity index (χ2n) is 5.48. The van der Waals surface area contributed by atoms with Gasteiger partial charge in [0.05, 0.1) is 11.2 Å². The van der Waals surface area contributed by atoms with Gasteiger partial charge in [0.15, 0.2) is 6.61 Å². The van der Waals surface area contributed by atoms with Gasteiger partial charge in [0.1, 0.15) is 5.75 Å². The van der Waals surface area contributed by atoms with Crippen molar-refractivity contribution < 1.29 is 9.53 Å². The van der Waals surface area contributed by atoms with Crippen LogP contribution in [0.15, 0.2) is 52.0 Å². The van der Waals surface area contributed by atoms with Crippen LogP contribution in [0.3, 0.4) is 0 Å². The molecule has 0 aromatic heterocycles. The minimum Gasteiger partial charge on any atom is -0.482 e. The molecule has 4 nitrogen and oxygen atoms in total. The number of nitrogens with one attached hydrogen (secondary N) is 1. The van der Waals surface area contributed by atoms with E-state index in [2.05, 4.69) is 40.3 Å². The molecule has 0 aliphatic heterocycles. The van der Waals surface area contributed by atoms with Crippen LogP contribution < -0.4 is 10.2 Å². The smallest absolute Gasteiger partial charge is 0.277 e. The van der Waals surface area contributed by atoms with Crippen molar-refractivity contribution in [3.05, 3.63) is 63.1 Å². The summed E-state index contributed by atoms with van der Waals surface area (Å²) in [5, 5.41) is 4.36. The van der Waals surface area contributed by atoms with Gasteiger partial charge in [-0.3, -0.25) is 4.79 Å². The Morgan fingerprint density at radius 3 is 2.62 bits per heavy atom. The summed E-state index contributed by atoms with van der Waals surface area (Å²) < 4.78 is 6.20. The molecule has 2 rings (SSSR count). The molecular formula is C18H18BrClN2O2. The maximum absolute atomic E-state index is 11.7. The van der Waals surface area contributed by atoms with Gasteiger partial charge in [0.2, 0.25) is 0 Å². The first-order chi connectivity index (χ1) is 11.5. The number of benzene rings is 2. The van der Waals surface area contributed by atoms with Crippen LogP contribution in [0, 0.1) is 0 Å². The molecule has 0 heterocycles. The molecule has 24 heavy (non-hydrogen) atoms. The zero-order chi connectivity index (χ0) is 17.5. The summed E-state index contributed by atoms with van der Waals surface area (Å²) in [6.07, 6.45) is 1.59. The summed E-state index contributed by atoms with van der Waals surface area (Å²) >= 11 is 9.32. The van der Waals surface area contributed by atoms with Gasteiger partial charge >= 0.3 is 0 Å². The van der Waals surface area contributed by atoms with E-state index in [1.165, 1.54) is 5.56 Å². The first-order valence-electron chi connectivity index (χ1n) is 7.45.